The quantitative estimate of drug-likeness (QED) is 0.556. The largest absolute Gasteiger partial charge is 0.0787 e. The second-order valence-electron chi connectivity index (χ2n) is 1.59. The third-order valence-electron chi connectivity index (χ3n) is 0.957. The van der Waals surface area contributed by atoms with E-state index in [4.69, 9.17) is 0 Å². The van der Waals surface area contributed by atoms with E-state index in [1.807, 2.05) is 6.08 Å². The zero-order valence-corrected chi connectivity index (χ0v) is 10.5. The van der Waals surface area contributed by atoms with Gasteiger partial charge in [0.2, 0.25) is 0 Å². The van der Waals surface area contributed by atoms with E-state index in [2.05, 4.69) is 63.7 Å². The molecule has 1 unspecified atom stereocenters. The highest BCUT2D eigenvalue weighted by Crippen LogP contribution is 2.40. The molecule has 0 nitrogen and oxygen atoms in total. The van der Waals surface area contributed by atoms with Crippen molar-refractivity contribution in [3.8, 4) is 0 Å². The molecule has 0 spiro atoms. The molecule has 9 heavy (non-hydrogen) atoms. The Kier molecular flexibility index (Phi) is 3.02. The van der Waals surface area contributed by atoms with Crippen LogP contribution in [0.4, 0.5) is 0 Å². The average molecular weight is 382 g/mol. The maximum Gasteiger partial charge on any atom is 0.0787 e. The molecule has 1 atom stereocenters. The van der Waals surface area contributed by atoms with E-state index in [-0.39, 0.29) is 0 Å². The van der Waals surface area contributed by atoms with Gasteiger partial charge in [0.1, 0.15) is 0 Å². The first-order chi connectivity index (χ1) is 4.13. The van der Waals surface area contributed by atoms with E-state index in [1.54, 1.807) is 0 Å². The molecule has 1 aliphatic carbocycles. The van der Waals surface area contributed by atoms with Crippen molar-refractivity contribution >= 4 is 63.7 Å². The summed E-state index contributed by atoms with van der Waals surface area (Å²) in [5.41, 5.74) is 0. The van der Waals surface area contributed by atoms with Gasteiger partial charge >= 0.3 is 0 Å². The maximum absolute atomic E-state index is 3.46. The Morgan fingerprint density at radius 3 is 1.89 bits per heavy atom. The Morgan fingerprint density at radius 1 is 1.22 bits per heavy atom. The van der Waals surface area contributed by atoms with Crippen molar-refractivity contribution < 1.29 is 0 Å². The smallest absolute Gasteiger partial charge is 0.0774 e. The van der Waals surface area contributed by atoms with Crippen LogP contribution in [0.3, 0.4) is 0 Å². The lowest BCUT2D eigenvalue weighted by Gasteiger charge is -1.98. The number of halogens is 4. The number of hydrogen-bond acceptors (Lipinski definition) is 0. The van der Waals surface area contributed by atoms with Crippen LogP contribution in [0.15, 0.2) is 19.5 Å². The molecule has 0 N–H and O–H groups in total. The Morgan fingerprint density at radius 2 is 1.78 bits per heavy atom. The Hall–Kier alpha value is 1.40. The van der Waals surface area contributed by atoms with E-state index < -0.39 is 0 Å². The van der Waals surface area contributed by atoms with Crippen molar-refractivity contribution in [2.24, 2.45) is 0 Å². The van der Waals surface area contributed by atoms with Crippen molar-refractivity contribution in [2.75, 3.05) is 0 Å². The minimum atomic E-state index is 0.298. The zero-order valence-electron chi connectivity index (χ0n) is 4.17. The van der Waals surface area contributed by atoms with E-state index >= 15 is 0 Å². The van der Waals surface area contributed by atoms with Crippen LogP contribution in [-0.2, 0) is 0 Å². The summed E-state index contributed by atoms with van der Waals surface area (Å²) in [6.45, 7) is 0. The summed E-state index contributed by atoms with van der Waals surface area (Å²) in [6, 6.07) is 0. The normalized spacial score (nSPS) is 27.1. The average Bonchev–Trinajstić information content (AvgIpc) is 1.98. The predicted molar refractivity (Wildman–Crippen MR) is 54.6 cm³/mol. The molecule has 0 aliphatic heterocycles. The van der Waals surface area contributed by atoms with E-state index in [0.29, 0.717) is 4.83 Å². The molecule has 0 saturated heterocycles. The molecule has 0 aromatic carbocycles. The fourth-order valence-electron chi connectivity index (χ4n) is 0.505. The van der Waals surface area contributed by atoms with Crippen molar-refractivity contribution in [3.05, 3.63) is 19.5 Å². The molecule has 1 aliphatic rings. The molecule has 0 aromatic rings. The first-order valence-corrected chi connectivity index (χ1v) is 5.48. The molecular weight excluding hydrogens is 380 g/mol. The number of alkyl halides is 1. The zero-order chi connectivity index (χ0) is 7.02. The molecule has 0 fully saturated rings. The summed E-state index contributed by atoms with van der Waals surface area (Å²) in [5, 5.41) is 0. The SMILES string of the molecule is BrC1=CC(Br)=C(Br)C1Br. The van der Waals surface area contributed by atoms with Gasteiger partial charge in [-0.15, -0.1) is 0 Å². The lowest BCUT2D eigenvalue weighted by molar-refractivity contribution is 1.46. The fraction of sp³-hybridized carbons (Fsp3) is 0.200. The van der Waals surface area contributed by atoms with Crippen LogP contribution in [0.5, 0.6) is 0 Å². The molecule has 0 amide bonds. The first kappa shape index (κ1) is 8.50. The summed E-state index contributed by atoms with van der Waals surface area (Å²) in [4.78, 5) is 0.298. The van der Waals surface area contributed by atoms with Crippen LogP contribution in [0, 0.1) is 0 Å². The van der Waals surface area contributed by atoms with E-state index in [1.165, 1.54) is 0 Å². The summed E-state index contributed by atoms with van der Waals surface area (Å²) < 4.78 is 3.37. The van der Waals surface area contributed by atoms with Crippen molar-refractivity contribution in [2.45, 2.75) is 4.83 Å². The predicted octanol–water partition coefficient (Wildman–Crippen LogP) is 4.04. The standard InChI is InChI=1S/C5H2Br4/c6-2-1-3(7)5(9)4(2)8/h1,4H. The van der Waals surface area contributed by atoms with Gasteiger partial charge in [-0.3, -0.25) is 0 Å². The third kappa shape index (κ3) is 1.70. The molecule has 0 aromatic heterocycles. The van der Waals surface area contributed by atoms with Gasteiger partial charge in [0.25, 0.3) is 0 Å². The van der Waals surface area contributed by atoms with Gasteiger partial charge < -0.3 is 0 Å². The first-order valence-electron chi connectivity index (χ1n) is 2.19. The van der Waals surface area contributed by atoms with Crippen LogP contribution < -0.4 is 0 Å². The molecule has 1 rings (SSSR count). The highest BCUT2D eigenvalue weighted by Gasteiger charge is 2.20. The summed E-state index contributed by atoms with van der Waals surface area (Å²) in [6.07, 6.45) is 2.02. The third-order valence-corrected chi connectivity index (χ3v) is 5.90. The van der Waals surface area contributed by atoms with Gasteiger partial charge in [-0.1, -0.05) is 47.8 Å². The fourth-order valence-corrected chi connectivity index (χ4v) is 3.10. The van der Waals surface area contributed by atoms with Crippen LogP contribution in [-0.4, -0.2) is 4.83 Å². The van der Waals surface area contributed by atoms with Crippen LogP contribution in [0.25, 0.3) is 0 Å². The summed E-state index contributed by atoms with van der Waals surface area (Å²) in [5.74, 6) is 0. The van der Waals surface area contributed by atoms with Gasteiger partial charge in [0.05, 0.1) is 4.83 Å². The van der Waals surface area contributed by atoms with Crippen LogP contribution >= 0.6 is 63.7 Å². The van der Waals surface area contributed by atoms with Gasteiger partial charge in [-0.25, -0.2) is 0 Å². The highest BCUT2D eigenvalue weighted by molar-refractivity contribution is 9.16. The summed E-state index contributed by atoms with van der Waals surface area (Å²) >= 11 is 13.7. The maximum atomic E-state index is 3.46. The van der Waals surface area contributed by atoms with Crippen molar-refractivity contribution in [1.82, 2.24) is 0 Å². The number of rotatable bonds is 0. The molecule has 50 valence electrons. The second kappa shape index (κ2) is 3.20. The molecule has 0 bridgehead atoms. The monoisotopic (exact) mass is 378 g/mol. The van der Waals surface area contributed by atoms with Crippen molar-refractivity contribution in [3.63, 3.8) is 0 Å². The van der Waals surface area contributed by atoms with Crippen molar-refractivity contribution in [1.29, 1.82) is 0 Å². The lowest BCUT2D eigenvalue weighted by atomic mass is 10.5. The van der Waals surface area contributed by atoms with E-state index in [0.717, 1.165) is 13.4 Å². The molecule has 4 heteroatoms. The minimum absolute atomic E-state index is 0.298. The van der Waals surface area contributed by atoms with Gasteiger partial charge in [-0.05, 0) is 22.0 Å². The minimum Gasteiger partial charge on any atom is -0.0774 e. The Bertz CT molecular complexity index is 191. The van der Waals surface area contributed by atoms with Gasteiger partial charge in [0, 0.05) is 13.4 Å². The number of hydrogen-bond donors (Lipinski definition) is 0. The van der Waals surface area contributed by atoms with Gasteiger partial charge in [0.15, 0.2) is 0 Å². The van der Waals surface area contributed by atoms with Crippen LogP contribution in [0.2, 0.25) is 0 Å². The highest BCUT2D eigenvalue weighted by atomic mass is 79.9. The summed E-state index contributed by atoms with van der Waals surface area (Å²) in [7, 11) is 0. The lowest BCUT2D eigenvalue weighted by Crippen LogP contribution is -1.89. The molecule has 0 radical (unpaired) electrons. The van der Waals surface area contributed by atoms with Gasteiger partial charge in [-0.2, -0.15) is 0 Å². The topological polar surface area (TPSA) is 0 Å². The Balaban J connectivity index is 2.92. The number of allylic oxidation sites excluding steroid dienone is 4. The molecule has 0 saturated carbocycles. The molecule has 0 heterocycles. The molecular formula is C5H2Br4. The van der Waals surface area contributed by atoms with E-state index in [9.17, 15) is 0 Å². The Labute approximate surface area is 87.3 Å². The second-order valence-corrected chi connectivity index (χ2v) is 5.13. The van der Waals surface area contributed by atoms with Crippen LogP contribution in [0.1, 0.15) is 0 Å².